The molecule has 0 bridgehead atoms. The molecule has 0 spiro atoms. The van der Waals surface area contributed by atoms with E-state index in [1.54, 1.807) is 17.4 Å². The highest BCUT2D eigenvalue weighted by Crippen LogP contribution is 2.35. The molecule has 0 fully saturated rings. The highest BCUT2D eigenvalue weighted by molar-refractivity contribution is 7.13. The van der Waals surface area contributed by atoms with Crippen molar-refractivity contribution in [3.63, 3.8) is 0 Å². The van der Waals surface area contributed by atoms with Crippen molar-refractivity contribution in [1.82, 2.24) is 0 Å². The summed E-state index contributed by atoms with van der Waals surface area (Å²) >= 11 is 1.62. The van der Waals surface area contributed by atoms with Crippen LogP contribution in [0.2, 0.25) is 0 Å². The molecule has 3 aromatic rings. The van der Waals surface area contributed by atoms with Gasteiger partial charge in [-0.15, -0.1) is 11.3 Å². The Morgan fingerprint density at radius 2 is 1.90 bits per heavy atom. The molecular formula is C25H30N2O3S. The van der Waals surface area contributed by atoms with Crippen molar-refractivity contribution in [3.8, 4) is 16.2 Å². The number of ether oxygens (including phenoxy) is 1. The molecular weight excluding hydrogens is 408 g/mol. The van der Waals surface area contributed by atoms with Gasteiger partial charge in [0.25, 0.3) is 0 Å². The van der Waals surface area contributed by atoms with Crippen LogP contribution in [0.4, 0.5) is 5.69 Å². The van der Waals surface area contributed by atoms with Crippen LogP contribution in [-0.4, -0.2) is 29.8 Å². The van der Waals surface area contributed by atoms with Crippen molar-refractivity contribution in [3.05, 3.63) is 71.6 Å². The van der Waals surface area contributed by atoms with Gasteiger partial charge in [0.15, 0.2) is 0 Å². The second-order valence-corrected chi connectivity index (χ2v) is 8.81. The van der Waals surface area contributed by atoms with Crippen LogP contribution in [0, 0.1) is 0 Å². The number of amides is 1. The summed E-state index contributed by atoms with van der Waals surface area (Å²) in [6.45, 7) is 1.71. The molecule has 1 amide bonds. The van der Waals surface area contributed by atoms with E-state index in [1.165, 1.54) is 12.5 Å². The lowest BCUT2D eigenvalue weighted by Gasteiger charge is -2.21. The molecule has 31 heavy (non-hydrogen) atoms. The molecule has 3 rings (SSSR count). The van der Waals surface area contributed by atoms with E-state index >= 15 is 0 Å². The standard InChI is InChI=1S/C25H30N2O3S/c1-25(26,18-28)24(29)27-20-13-14-22(21(17-20)23-12-8-16-31-23)30-15-7-3-6-11-19-9-4-2-5-10-19/h2,4-5,8-10,12-14,16-17,28H,3,6-7,11,15,18,26H2,1H3,(H,27,29). The van der Waals surface area contributed by atoms with E-state index < -0.39 is 18.1 Å². The van der Waals surface area contributed by atoms with Crippen molar-refractivity contribution in [2.24, 2.45) is 5.73 Å². The van der Waals surface area contributed by atoms with E-state index in [9.17, 15) is 9.90 Å². The Hall–Kier alpha value is -2.67. The van der Waals surface area contributed by atoms with Gasteiger partial charge in [-0.2, -0.15) is 0 Å². The largest absolute Gasteiger partial charge is 0.493 e. The van der Waals surface area contributed by atoms with Crippen LogP contribution in [0.15, 0.2) is 66.0 Å². The normalized spacial score (nSPS) is 12.9. The van der Waals surface area contributed by atoms with Gasteiger partial charge in [-0.25, -0.2) is 0 Å². The van der Waals surface area contributed by atoms with Crippen molar-refractivity contribution in [1.29, 1.82) is 0 Å². The van der Waals surface area contributed by atoms with Gasteiger partial charge in [0.05, 0.1) is 13.2 Å². The number of rotatable bonds is 11. The van der Waals surface area contributed by atoms with Crippen LogP contribution in [0.25, 0.3) is 10.4 Å². The van der Waals surface area contributed by atoms with Crippen LogP contribution in [0.5, 0.6) is 5.75 Å². The molecule has 0 saturated carbocycles. The van der Waals surface area contributed by atoms with E-state index in [-0.39, 0.29) is 0 Å². The lowest BCUT2D eigenvalue weighted by Crippen LogP contribution is -2.51. The zero-order valence-electron chi connectivity index (χ0n) is 17.8. The average molecular weight is 439 g/mol. The highest BCUT2D eigenvalue weighted by atomic mass is 32.1. The summed E-state index contributed by atoms with van der Waals surface area (Å²) in [5.41, 5.74) is 7.41. The molecule has 1 unspecified atom stereocenters. The second-order valence-electron chi connectivity index (χ2n) is 7.86. The Morgan fingerprint density at radius 3 is 2.61 bits per heavy atom. The number of nitrogens with one attached hydrogen (secondary N) is 1. The highest BCUT2D eigenvalue weighted by Gasteiger charge is 2.27. The SMILES string of the molecule is CC(N)(CO)C(=O)Nc1ccc(OCCCCCc2ccccc2)c(-c2cccs2)c1. The summed E-state index contributed by atoms with van der Waals surface area (Å²) in [7, 11) is 0. The van der Waals surface area contributed by atoms with Gasteiger partial charge in [0, 0.05) is 16.1 Å². The Morgan fingerprint density at radius 1 is 1.10 bits per heavy atom. The zero-order chi connectivity index (χ0) is 22.1. The molecule has 5 nitrogen and oxygen atoms in total. The summed E-state index contributed by atoms with van der Waals surface area (Å²) in [4.78, 5) is 13.4. The number of benzene rings is 2. The van der Waals surface area contributed by atoms with Crippen LogP contribution < -0.4 is 15.8 Å². The maximum absolute atomic E-state index is 12.3. The maximum atomic E-state index is 12.3. The number of aryl methyl sites for hydroxylation is 1. The predicted octanol–water partition coefficient (Wildman–Crippen LogP) is 4.86. The number of carbonyl (C=O) groups is 1. The Balaban J connectivity index is 1.58. The van der Waals surface area contributed by atoms with Crippen molar-refractivity contribution < 1.29 is 14.6 Å². The number of unbranched alkanes of at least 4 members (excludes halogenated alkanes) is 2. The molecule has 6 heteroatoms. The van der Waals surface area contributed by atoms with E-state index in [0.717, 1.165) is 41.9 Å². The van der Waals surface area contributed by atoms with Crippen LogP contribution >= 0.6 is 11.3 Å². The molecule has 0 radical (unpaired) electrons. The summed E-state index contributed by atoms with van der Waals surface area (Å²) in [6, 6.07) is 20.1. The molecule has 0 saturated heterocycles. The van der Waals surface area contributed by atoms with Gasteiger partial charge < -0.3 is 20.9 Å². The zero-order valence-corrected chi connectivity index (χ0v) is 18.7. The topological polar surface area (TPSA) is 84.6 Å². The fourth-order valence-electron chi connectivity index (χ4n) is 3.14. The van der Waals surface area contributed by atoms with E-state index in [2.05, 4.69) is 29.6 Å². The van der Waals surface area contributed by atoms with E-state index in [4.69, 9.17) is 10.5 Å². The fraction of sp³-hybridized carbons (Fsp3) is 0.320. The number of anilines is 1. The first kappa shape index (κ1) is 23.0. The van der Waals surface area contributed by atoms with Crippen molar-refractivity contribution >= 4 is 22.9 Å². The first-order valence-corrected chi connectivity index (χ1v) is 11.4. The lowest BCUT2D eigenvalue weighted by molar-refractivity contribution is -0.121. The van der Waals surface area contributed by atoms with E-state index in [1.807, 2.05) is 35.7 Å². The first-order valence-electron chi connectivity index (χ1n) is 10.6. The summed E-state index contributed by atoms with van der Waals surface area (Å²) < 4.78 is 6.09. The first-order chi connectivity index (χ1) is 15.0. The van der Waals surface area contributed by atoms with Crippen LogP contribution in [-0.2, 0) is 11.2 Å². The minimum Gasteiger partial charge on any atom is -0.493 e. The smallest absolute Gasteiger partial charge is 0.246 e. The minimum atomic E-state index is -1.34. The average Bonchev–Trinajstić information content (AvgIpc) is 3.32. The third-order valence-corrected chi connectivity index (χ3v) is 5.98. The Kier molecular flexibility index (Phi) is 8.23. The van der Waals surface area contributed by atoms with Gasteiger partial charge in [-0.3, -0.25) is 4.79 Å². The molecule has 0 aliphatic carbocycles. The quantitative estimate of drug-likeness (QED) is 0.374. The van der Waals surface area contributed by atoms with Crippen LogP contribution in [0.1, 0.15) is 31.7 Å². The van der Waals surface area contributed by atoms with Gasteiger partial charge in [-0.05, 0) is 67.8 Å². The second kappa shape index (κ2) is 11.1. The molecule has 164 valence electrons. The number of aliphatic hydroxyl groups excluding tert-OH is 1. The van der Waals surface area contributed by atoms with Gasteiger partial charge in [0.2, 0.25) is 5.91 Å². The predicted molar refractivity (Wildman–Crippen MR) is 128 cm³/mol. The summed E-state index contributed by atoms with van der Waals surface area (Å²) in [5.74, 6) is 0.361. The fourth-order valence-corrected chi connectivity index (χ4v) is 3.89. The molecule has 1 aromatic heterocycles. The Labute approximate surface area is 187 Å². The molecule has 1 heterocycles. The number of aliphatic hydroxyl groups is 1. The van der Waals surface area contributed by atoms with Crippen LogP contribution in [0.3, 0.4) is 0 Å². The molecule has 4 N–H and O–H groups in total. The van der Waals surface area contributed by atoms with Gasteiger partial charge >= 0.3 is 0 Å². The van der Waals surface area contributed by atoms with Gasteiger partial charge in [0.1, 0.15) is 11.3 Å². The number of nitrogens with two attached hydrogens (primary N) is 1. The monoisotopic (exact) mass is 438 g/mol. The van der Waals surface area contributed by atoms with E-state index in [0.29, 0.717) is 12.3 Å². The third-order valence-electron chi connectivity index (χ3n) is 5.08. The minimum absolute atomic E-state index is 0.428. The molecule has 0 aliphatic heterocycles. The molecule has 0 aliphatic rings. The maximum Gasteiger partial charge on any atom is 0.246 e. The lowest BCUT2D eigenvalue weighted by atomic mass is 10.0. The summed E-state index contributed by atoms with van der Waals surface area (Å²) in [5, 5.41) is 14.1. The van der Waals surface area contributed by atoms with Crippen molar-refractivity contribution in [2.75, 3.05) is 18.5 Å². The number of thiophene rings is 1. The van der Waals surface area contributed by atoms with Crippen molar-refractivity contribution in [2.45, 2.75) is 38.1 Å². The molecule has 2 aromatic carbocycles. The number of hydrogen-bond donors (Lipinski definition) is 3. The third kappa shape index (κ3) is 6.66. The Bertz CT molecular complexity index is 956. The number of hydrogen-bond acceptors (Lipinski definition) is 5. The number of carbonyl (C=O) groups excluding carboxylic acids is 1. The molecule has 1 atom stereocenters. The van der Waals surface area contributed by atoms with Gasteiger partial charge in [-0.1, -0.05) is 36.4 Å². The summed E-state index contributed by atoms with van der Waals surface area (Å²) in [6.07, 6.45) is 4.31.